The van der Waals surface area contributed by atoms with E-state index >= 15 is 0 Å². The van der Waals surface area contributed by atoms with Crippen molar-refractivity contribution < 1.29 is 14.3 Å². The Hall–Kier alpha value is -3.35. The molecule has 0 fully saturated rings. The molecule has 2 N–H and O–H groups in total. The van der Waals surface area contributed by atoms with Crippen LogP contribution in [0.15, 0.2) is 66.7 Å². The smallest absolute Gasteiger partial charge is 0.339 e. The van der Waals surface area contributed by atoms with Gasteiger partial charge in [-0.3, -0.25) is 4.79 Å². The van der Waals surface area contributed by atoms with Crippen molar-refractivity contribution in [2.24, 2.45) is 0 Å². The normalized spacial score (nSPS) is 11.8. The van der Waals surface area contributed by atoms with Gasteiger partial charge in [0.2, 0.25) is 0 Å². The molecular formula is C23H17Cl2N3O3. The lowest BCUT2D eigenvalue weighted by Gasteiger charge is -2.15. The fraction of sp³-hybridized carbons (Fsp3) is 0.0870. The highest BCUT2D eigenvalue weighted by Gasteiger charge is 2.23. The highest BCUT2D eigenvalue weighted by Crippen LogP contribution is 2.30. The van der Waals surface area contributed by atoms with Crippen LogP contribution in [0.2, 0.25) is 10.0 Å². The minimum Gasteiger partial charge on any atom is -0.449 e. The van der Waals surface area contributed by atoms with Gasteiger partial charge in [0.1, 0.15) is 5.82 Å². The van der Waals surface area contributed by atoms with Crippen molar-refractivity contribution in [1.29, 1.82) is 0 Å². The van der Waals surface area contributed by atoms with Crippen molar-refractivity contribution in [3.63, 3.8) is 0 Å². The lowest BCUT2D eigenvalue weighted by molar-refractivity contribution is -0.123. The van der Waals surface area contributed by atoms with Crippen molar-refractivity contribution >= 4 is 51.8 Å². The molecule has 0 aliphatic carbocycles. The van der Waals surface area contributed by atoms with E-state index in [2.05, 4.69) is 15.3 Å². The summed E-state index contributed by atoms with van der Waals surface area (Å²) in [4.78, 5) is 33.1. The predicted octanol–water partition coefficient (Wildman–Crippen LogP) is 5.72. The van der Waals surface area contributed by atoms with Crippen LogP contribution in [0.4, 0.5) is 5.69 Å². The average molecular weight is 454 g/mol. The summed E-state index contributed by atoms with van der Waals surface area (Å²) in [5, 5.41) is 3.14. The molecule has 156 valence electrons. The van der Waals surface area contributed by atoms with E-state index in [1.807, 2.05) is 24.3 Å². The molecule has 0 saturated carbocycles. The van der Waals surface area contributed by atoms with Crippen molar-refractivity contribution in [3.05, 3.63) is 82.3 Å². The maximum Gasteiger partial charge on any atom is 0.339 e. The lowest BCUT2D eigenvalue weighted by atomic mass is 10.1. The van der Waals surface area contributed by atoms with Crippen molar-refractivity contribution in [2.45, 2.75) is 13.0 Å². The Morgan fingerprint density at radius 3 is 2.55 bits per heavy atom. The number of hydrogen-bond acceptors (Lipinski definition) is 4. The molecule has 0 radical (unpaired) electrons. The molecule has 0 spiro atoms. The van der Waals surface area contributed by atoms with Crippen LogP contribution in [-0.2, 0) is 9.53 Å². The zero-order valence-corrected chi connectivity index (χ0v) is 17.9. The number of esters is 1. The number of aromatic nitrogens is 2. The number of H-pyrrole nitrogens is 1. The number of para-hydroxylation sites is 2. The van der Waals surface area contributed by atoms with Crippen LogP contribution in [-0.4, -0.2) is 27.9 Å². The predicted molar refractivity (Wildman–Crippen MR) is 121 cm³/mol. The molecule has 1 amide bonds. The van der Waals surface area contributed by atoms with Crippen LogP contribution in [0.3, 0.4) is 0 Å². The van der Waals surface area contributed by atoms with Crippen LogP contribution < -0.4 is 5.32 Å². The molecule has 0 aliphatic heterocycles. The Morgan fingerprint density at radius 1 is 1.00 bits per heavy atom. The van der Waals surface area contributed by atoms with Crippen LogP contribution in [0.1, 0.15) is 17.3 Å². The van der Waals surface area contributed by atoms with Crippen LogP contribution in [0.5, 0.6) is 0 Å². The molecule has 4 aromatic rings. The standard InChI is InChI=1S/C23H17Cl2N3O3/c1-13(22(29)28-19-12-6-9-16(24)20(19)25)31-23(30)15-8-3-2-7-14(15)21-26-17-10-4-5-11-18(17)27-21/h2-13H,1H3,(H,26,27)(H,28,29). The zero-order chi connectivity index (χ0) is 22.0. The number of imidazole rings is 1. The first-order chi connectivity index (χ1) is 14.9. The number of amides is 1. The van der Waals surface area contributed by atoms with Gasteiger partial charge in [0.25, 0.3) is 5.91 Å². The Labute approximate surface area is 188 Å². The molecule has 8 heteroatoms. The van der Waals surface area contributed by atoms with Gasteiger partial charge in [-0.25, -0.2) is 9.78 Å². The van der Waals surface area contributed by atoms with Gasteiger partial charge in [-0.15, -0.1) is 0 Å². The number of nitrogens with one attached hydrogen (secondary N) is 2. The number of carbonyl (C=O) groups excluding carboxylic acids is 2. The number of fused-ring (bicyclic) bond motifs is 1. The van der Waals surface area contributed by atoms with Gasteiger partial charge in [-0.2, -0.15) is 0 Å². The minimum atomic E-state index is -1.06. The molecule has 3 aromatic carbocycles. The monoisotopic (exact) mass is 453 g/mol. The summed E-state index contributed by atoms with van der Waals surface area (Å²) in [6, 6.07) is 19.4. The van der Waals surface area contributed by atoms with E-state index < -0.39 is 18.0 Å². The fourth-order valence-electron chi connectivity index (χ4n) is 3.06. The van der Waals surface area contributed by atoms with Crippen molar-refractivity contribution in [2.75, 3.05) is 5.32 Å². The highest BCUT2D eigenvalue weighted by atomic mass is 35.5. The van der Waals surface area contributed by atoms with Crippen LogP contribution in [0, 0.1) is 0 Å². The Bertz CT molecular complexity index is 1250. The third kappa shape index (κ3) is 4.40. The quantitative estimate of drug-likeness (QED) is 0.378. The number of aromatic amines is 1. The highest BCUT2D eigenvalue weighted by molar-refractivity contribution is 6.44. The number of halogens is 2. The number of rotatable bonds is 5. The van der Waals surface area contributed by atoms with E-state index in [4.69, 9.17) is 27.9 Å². The van der Waals surface area contributed by atoms with Crippen molar-refractivity contribution in [3.8, 4) is 11.4 Å². The Morgan fingerprint density at radius 2 is 1.74 bits per heavy atom. The van der Waals surface area contributed by atoms with E-state index in [-0.39, 0.29) is 5.02 Å². The van der Waals surface area contributed by atoms with Gasteiger partial charge in [-0.05, 0) is 37.3 Å². The number of hydrogen-bond donors (Lipinski definition) is 2. The molecule has 1 heterocycles. The number of carbonyl (C=O) groups is 2. The summed E-state index contributed by atoms with van der Waals surface area (Å²) in [6.45, 7) is 1.48. The van der Waals surface area contributed by atoms with E-state index in [0.29, 0.717) is 27.7 Å². The topological polar surface area (TPSA) is 84.1 Å². The van der Waals surface area contributed by atoms with E-state index in [1.54, 1.807) is 42.5 Å². The van der Waals surface area contributed by atoms with Crippen LogP contribution in [0.25, 0.3) is 22.4 Å². The minimum absolute atomic E-state index is 0.214. The molecule has 0 saturated heterocycles. The first kappa shape index (κ1) is 20.9. The first-order valence-corrected chi connectivity index (χ1v) is 10.2. The van der Waals surface area contributed by atoms with Gasteiger partial charge < -0.3 is 15.0 Å². The number of ether oxygens (including phenoxy) is 1. The maximum atomic E-state index is 12.9. The zero-order valence-electron chi connectivity index (χ0n) is 16.4. The molecule has 0 aliphatic rings. The fourth-order valence-corrected chi connectivity index (χ4v) is 3.41. The Kier molecular flexibility index (Phi) is 5.93. The summed E-state index contributed by atoms with van der Waals surface area (Å²) in [7, 11) is 0. The van der Waals surface area contributed by atoms with Gasteiger partial charge in [0.05, 0.1) is 32.3 Å². The molecule has 1 unspecified atom stereocenters. The number of benzene rings is 3. The Balaban J connectivity index is 1.53. The van der Waals surface area contributed by atoms with Crippen LogP contribution >= 0.6 is 23.2 Å². The summed E-state index contributed by atoms with van der Waals surface area (Å²) in [5.74, 6) is -0.633. The molecule has 4 rings (SSSR count). The van der Waals surface area contributed by atoms with E-state index in [1.165, 1.54) is 6.92 Å². The van der Waals surface area contributed by atoms with Gasteiger partial charge >= 0.3 is 5.97 Å². The second-order valence-electron chi connectivity index (χ2n) is 6.79. The SMILES string of the molecule is CC(OC(=O)c1ccccc1-c1nc2ccccc2[nH]1)C(=O)Nc1cccc(Cl)c1Cl. The van der Waals surface area contributed by atoms with E-state index in [0.717, 1.165) is 11.0 Å². The molecule has 31 heavy (non-hydrogen) atoms. The van der Waals surface area contributed by atoms with Gasteiger partial charge in [0.15, 0.2) is 6.10 Å². The maximum absolute atomic E-state index is 12.9. The third-order valence-corrected chi connectivity index (χ3v) is 5.47. The number of anilines is 1. The third-order valence-electron chi connectivity index (χ3n) is 4.65. The second kappa shape index (κ2) is 8.79. The molecule has 6 nitrogen and oxygen atoms in total. The van der Waals surface area contributed by atoms with Gasteiger partial charge in [0, 0.05) is 5.56 Å². The number of nitrogens with zero attached hydrogens (tertiary/aromatic N) is 1. The lowest BCUT2D eigenvalue weighted by Crippen LogP contribution is -2.30. The van der Waals surface area contributed by atoms with Crippen molar-refractivity contribution in [1.82, 2.24) is 9.97 Å². The summed E-state index contributed by atoms with van der Waals surface area (Å²) < 4.78 is 5.41. The second-order valence-corrected chi connectivity index (χ2v) is 7.57. The summed E-state index contributed by atoms with van der Waals surface area (Å²) in [5.41, 5.74) is 2.85. The van der Waals surface area contributed by atoms with Gasteiger partial charge in [-0.1, -0.05) is 59.6 Å². The molecule has 1 atom stereocenters. The summed E-state index contributed by atoms with van der Waals surface area (Å²) >= 11 is 12.1. The largest absolute Gasteiger partial charge is 0.449 e. The average Bonchev–Trinajstić information content (AvgIpc) is 3.21. The first-order valence-electron chi connectivity index (χ1n) is 9.44. The molecular weight excluding hydrogens is 437 g/mol. The molecule has 0 bridgehead atoms. The molecule has 1 aromatic heterocycles. The summed E-state index contributed by atoms with van der Waals surface area (Å²) in [6.07, 6.45) is -1.06. The van der Waals surface area contributed by atoms with E-state index in [9.17, 15) is 9.59 Å².